The van der Waals surface area contributed by atoms with Gasteiger partial charge in [-0.3, -0.25) is 4.79 Å². The molecule has 0 rings (SSSR count). The highest BCUT2D eigenvalue weighted by atomic mass is 16.5. The van der Waals surface area contributed by atoms with Gasteiger partial charge in [-0.2, -0.15) is 0 Å². The van der Waals surface area contributed by atoms with Crippen LogP contribution >= 0.6 is 0 Å². The molecule has 0 fully saturated rings. The zero-order valence-electron chi connectivity index (χ0n) is 8.08. The number of amides is 1. The first-order chi connectivity index (χ1) is 5.87. The summed E-state index contributed by atoms with van der Waals surface area (Å²) in [5.74, 6) is -0.219. The van der Waals surface area contributed by atoms with Gasteiger partial charge in [0.15, 0.2) is 6.29 Å². The van der Waals surface area contributed by atoms with Crippen LogP contribution in [-0.4, -0.2) is 34.5 Å². The third kappa shape index (κ3) is 6.51. The molecule has 5 nitrogen and oxygen atoms in total. The number of hydrogen-bond donors (Lipinski definition) is 4. The third-order valence-electron chi connectivity index (χ3n) is 1.62. The van der Waals surface area contributed by atoms with Crippen LogP contribution in [0.1, 0.15) is 26.7 Å². The quantitative estimate of drug-likeness (QED) is 0.415. The first-order valence-corrected chi connectivity index (χ1v) is 4.24. The average molecular weight is 190 g/mol. The number of nitrogens with two attached hydrogens (primary N) is 1. The summed E-state index contributed by atoms with van der Waals surface area (Å²) in [6.45, 7) is 3.96. The molecule has 0 radical (unpaired) electrons. The predicted octanol–water partition coefficient (Wildman–Crippen LogP) is -1.07. The molecule has 0 saturated heterocycles. The molecule has 0 aromatic heterocycles. The van der Waals surface area contributed by atoms with Crippen LogP contribution < -0.4 is 11.1 Å². The maximum Gasteiger partial charge on any atom is 0.220 e. The Hall–Kier alpha value is -0.650. The Kier molecular flexibility index (Phi) is 4.90. The van der Waals surface area contributed by atoms with Gasteiger partial charge in [0.05, 0.1) is 0 Å². The van der Waals surface area contributed by atoms with Crippen molar-refractivity contribution in [3.05, 3.63) is 0 Å². The second kappa shape index (κ2) is 5.16. The molecule has 0 aromatic rings. The van der Waals surface area contributed by atoms with Crippen molar-refractivity contribution in [1.82, 2.24) is 5.32 Å². The maximum atomic E-state index is 11.1. The smallest absolute Gasteiger partial charge is 0.220 e. The number of rotatable bonds is 5. The lowest BCUT2D eigenvalue weighted by atomic mass is 10.1. The van der Waals surface area contributed by atoms with E-state index >= 15 is 0 Å². The standard InChI is InChI=1S/C8H18N2O3/c1-8(2,5-9)10-6(11)3-4-7(12)13/h7,12-13H,3-5,9H2,1-2H3,(H,10,11). The fourth-order valence-corrected chi connectivity index (χ4v) is 0.751. The summed E-state index contributed by atoms with van der Waals surface area (Å²) in [6, 6.07) is 0. The van der Waals surface area contributed by atoms with E-state index in [1.807, 2.05) is 0 Å². The minimum Gasteiger partial charge on any atom is -0.368 e. The van der Waals surface area contributed by atoms with E-state index in [1.54, 1.807) is 13.8 Å². The highest BCUT2D eigenvalue weighted by Crippen LogP contribution is 2.01. The lowest BCUT2D eigenvalue weighted by Gasteiger charge is -2.24. The van der Waals surface area contributed by atoms with E-state index in [2.05, 4.69) is 5.32 Å². The number of aliphatic hydroxyl groups is 2. The Balaban J connectivity index is 3.74. The van der Waals surface area contributed by atoms with Crippen LogP contribution in [0.5, 0.6) is 0 Å². The molecule has 0 spiro atoms. The summed E-state index contributed by atoms with van der Waals surface area (Å²) in [5.41, 5.74) is 4.96. The van der Waals surface area contributed by atoms with Gasteiger partial charge in [0.25, 0.3) is 0 Å². The van der Waals surface area contributed by atoms with Crippen molar-refractivity contribution in [2.75, 3.05) is 6.54 Å². The van der Waals surface area contributed by atoms with Gasteiger partial charge in [-0.1, -0.05) is 0 Å². The molecule has 5 heteroatoms. The van der Waals surface area contributed by atoms with Gasteiger partial charge >= 0.3 is 0 Å². The zero-order chi connectivity index (χ0) is 10.5. The summed E-state index contributed by atoms with van der Waals surface area (Å²) in [6.07, 6.45) is -1.28. The van der Waals surface area contributed by atoms with E-state index in [9.17, 15) is 4.79 Å². The molecular weight excluding hydrogens is 172 g/mol. The van der Waals surface area contributed by atoms with E-state index in [1.165, 1.54) is 0 Å². The molecule has 0 aliphatic carbocycles. The lowest BCUT2D eigenvalue weighted by Crippen LogP contribution is -2.48. The molecule has 0 heterocycles. The summed E-state index contributed by atoms with van der Waals surface area (Å²) in [7, 11) is 0. The van der Waals surface area contributed by atoms with Gasteiger partial charge in [-0.05, 0) is 13.8 Å². The Morgan fingerprint density at radius 2 is 2.08 bits per heavy atom. The first-order valence-electron chi connectivity index (χ1n) is 4.24. The molecule has 5 N–H and O–H groups in total. The summed E-state index contributed by atoms with van der Waals surface area (Å²) < 4.78 is 0. The van der Waals surface area contributed by atoms with E-state index in [0.29, 0.717) is 6.54 Å². The molecule has 13 heavy (non-hydrogen) atoms. The van der Waals surface area contributed by atoms with Gasteiger partial charge in [0.2, 0.25) is 5.91 Å². The molecule has 1 amide bonds. The van der Waals surface area contributed by atoms with Crippen molar-refractivity contribution in [3.8, 4) is 0 Å². The number of hydrogen-bond acceptors (Lipinski definition) is 4. The van der Waals surface area contributed by atoms with Gasteiger partial charge in [-0.15, -0.1) is 0 Å². The number of carbonyl (C=O) groups excluding carboxylic acids is 1. The largest absolute Gasteiger partial charge is 0.368 e. The number of nitrogens with one attached hydrogen (secondary N) is 1. The number of carbonyl (C=O) groups is 1. The van der Waals surface area contributed by atoms with Crippen LogP contribution in [0.3, 0.4) is 0 Å². The van der Waals surface area contributed by atoms with E-state index in [0.717, 1.165) is 0 Å². The van der Waals surface area contributed by atoms with Crippen molar-refractivity contribution in [3.63, 3.8) is 0 Å². The van der Waals surface area contributed by atoms with Crippen LogP contribution in [-0.2, 0) is 4.79 Å². The molecule has 0 aromatic carbocycles. The molecule has 0 unspecified atom stereocenters. The predicted molar refractivity (Wildman–Crippen MR) is 48.7 cm³/mol. The topological polar surface area (TPSA) is 95.6 Å². The molecule has 0 aliphatic rings. The summed E-state index contributed by atoms with van der Waals surface area (Å²) >= 11 is 0. The molecule has 0 aliphatic heterocycles. The summed E-state index contributed by atoms with van der Waals surface area (Å²) in [5, 5.41) is 19.7. The highest BCUT2D eigenvalue weighted by Gasteiger charge is 2.18. The SMILES string of the molecule is CC(C)(CN)NC(=O)CCC(O)O. The minimum absolute atomic E-state index is 0.0481. The first kappa shape index (κ1) is 12.3. The van der Waals surface area contributed by atoms with Gasteiger partial charge in [-0.25, -0.2) is 0 Å². The van der Waals surface area contributed by atoms with Crippen LogP contribution in [0.15, 0.2) is 0 Å². The monoisotopic (exact) mass is 190 g/mol. The Labute approximate surface area is 77.9 Å². The van der Waals surface area contributed by atoms with Crippen LogP contribution in [0.2, 0.25) is 0 Å². The van der Waals surface area contributed by atoms with Crippen LogP contribution in [0, 0.1) is 0 Å². The molecule has 0 saturated carbocycles. The minimum atomic E-state index is -1.42. The molecule has 78 valence electrons. The lowest BCUT2D eigenvalue weighted by molar-refractivity contribution is -0.125. The zero-order valence-corrected chi connectivity index (χ0v) is 8.08. The third-order valence-corrected chi connectivity index (χ3v) is 1.62. The molecule has 0 atom stereocenters. The average Bonchev–Trinajstić information content (AvgIpc) is 2.00. The number of aliphatic hydroxyl groups excluding tert-OH is 1. The van der Waals surface area contributed by atoms with Crippen LogP contribution in [0.25, 0.3) is 0 Å². The fourth-order valence-electron chi connectivity index (χ4n) is 0.751. The van der Waals surface area contributed by atoms with Crippen molar-refractivity contribution in [1.29, 1.82) is 0 Å². The Morgan fingerprint density at radius 3 is 2.46 bits per heavy atom. The van der Waals surface area contributed by atoms with Crippen molar-refractivity contribution in [2.24, 2.45) is 5.73 Å². The van der Waals surface area contributed by atoms with Crippen LogP contribution in [0.4, 0.5) is 0 Å². The van der Waals surface area contributed by atoms with Crippen molar-refractivity contribution >= 4 is 5.91 Å². The summed E-state index contributed by atoms with van der Waals surface area (Å²) in [4.78, 5) is 11.1. The Morgan fingerprint density at radius 1 is 1.54 bits per heavy atom. The van der Waals surface area contributed by atoms with Gasteiger partial charge in [0.1, 0.15) is 0 Å². The maximum absolute atomic E-state index is 11.1. The second-order valence-corrected chi connectivity index (χ2v) is 3.66. The fraction of sp³-hybridized carbons (Fsp3) is 0.875. The normalized spacial score (nSPS) is 11.8. The Bertz CT molecular complexity index is 169. The van der Waals surface area contributed by atoms with Gasteiger partial charge in [0, 0.05) is 24.9 Å². The molecule has 0 bridgehead atoms. The second-order valence-electron chi connectivity index (χ2n) is 3.66. The van der Waals surface area contributed by atoms with E-state index in [-0.39, 0.29) is 18.7 Å². The van der Waals surface area contributed by atoms with E-state index < -0.39 is 11.8 Å². The van der Waals surface area contributed by atoms with Crippen molar-refractivity contribution in [2.45, 2.75) is 38.5 Å². The molecular formula is C8H18N2O3. The van der Waals surface area contributed by atoms with Crippen molar-refractivity contribution < 1.29 is 15.0 Å². The van der Waals surface area contributed by atoms with E-state index in [4.69, 9.17) is 15.9 Å². The highest BCUT2D eigenvalue weighted by molar-refractivity contribution is 5.76. The van der Waals surface area contributed by atoms with Gasteiger partial charge < -0.3 is 21.3 Å².